The van der Waals surface area contributed by atoms with E-state index in [-0.39, 0.29) is 18.8 Å². The summed E-state index contributed by atoms with van der Waals surface area (Å²) < 4.78 is 35.9. The van der Waals surface area contributed by atoms with Gasteiger partial charge in [-0.05, 0) is 61.4 Å². The topological polar surface area (TPSA) is 139 Å². The van der Waals surface area contributed by atoms with Gasteiger partial charge < -0.3 is 10.5 Å². The first-order valence-electron chi connectivity index (χ1n) is 9.77. The first-order valence-corrected chi connectivity index (χ1v) is 11.4. The maximum atomic E-state index is 10.8. The fourth-order valence-corrected chi connectivity index (χ4v) is 3.15. The highest BCUT2D eigenvalue weighted by molar-refractivity contribution is 7.85. The third-order valence-corrected chi connectivity index (χ3v) is 5.10. The fourth-order valence-electron chi connectivity index (χ4n) is 2.66. The van der Waals surface area contributed by atoms with E-state index in [9.17, 15) is 8.42 Å². The third kappa shape index (κ3) is 7.25. The van der Waals surface area contributed by atoms with E-state index in [0.717, 1.165) is 11.3 Å². The molecular formula is C22H23N5O4S. The Morgan fingerprint density at radius 1 is 0.875 bits per heavy atom. The van der Waals surface area contributed by atoms with Crippen LogP contribution in [0.15, 0.2) is 87.2 Å². The Hall–Kier alpha value is -3.63. The van der Waals surface area contributed by atoms with E-state index in [1.165, 1.54) is 0 Å². The largest absolute Gasteiger partial charge is 0.491 e. The second kappa shape index (κ2) is 10.6. The molecule has 166 valence electrons. The quantitative estimate of drug-likeness (QED) is 0.175. The van der Waals surface area contributed by atoms with E-state index < -0.39 is 10.1 Å². The summed E-state index contributed by atoms with van der Waals surface area (Å²) in [5.74, 6) is -0.0109. The summed E-state index contributed by atoms with van der Waals surface area (Å²) in [7, 11) is -4.02. The third-order valence-electron chi connectivity index (χ3n) is 4.29. The normalized spacial score (nSPS) is 11.9. The number of nitrogens with zero attached hydrogens (tertiary/aromatic N) is 4. The van der Waals surface area contributed by atoms with Crippen molar-refractivity contribution in [3.8, 4) is 5.75 Å². The monoisotopic (exact) mass is 453 g/mol. The molecule has 10 heteroatoms. The lowest BCUT2D eigenvalue weighted by Gasteiger charge is -2.10. The second-order valence-electron chi connectivity index (χ2n) is 6.92. The Morgan fingerprint density at radius 3 is 2.03 bits per heavy atom. The van der Waals surface area contributed by atoms with E-state index >= 15 is 0 Å². The molecule has 3 aromatic rings. The second-order valence-corrected chi connectivity index (χ2v) is 8.49. The Morgan fingerprint density at radius 2 is 1.44 bits per heavy atom. The van der Waals surface area contributed by atoms with Crippen LogP contribution in [0.3, 0.4) is 0 Å². The molecule has 0 aliphatic heterocycles. The lowest BCUT2D eigenvalue weighted by atomic mass is 10.1. The van der Waals surface area contributed by atoms with Crippen LogP contribution in [0.25, 0.3) is 0 Å². The maximum absolute atomic E-state index is 10.8. The number of benzene rings is 3. The van der Waals surface area contributed by atoms with Crippen LogP contribution >= 0.6 is 0 Å². The number of hydrogen-bond acceptors (Lipinski definition) is 8. The Balaban J connectivity index is 1.65. The number of nitrogens with two attached hydrogens (primary N) is 1. The summed E-state index contributed by atoms with van der Waals surface area (Å²) in [5.41, 5.74) is 9.85. The zero-order chi connectivity index (χ0) is 23.0. The summed E-state index contributed by atoms with van der Waals surface area (Å²) in [6.45, 7) is 1.93. The molecule has 3 aromatic carbocycles. The molecule has 3 N–H and O–H groups in total. The van der Waals surface area contributed by atoms with Crippen molar-refractivity contribution in [3.05, 3.63) is 72.3 Å². The van der Waals surface area contributed by atoms with Crippen LogP contribution in [-0.2, 0) is 10.1 Å². The van der Waals surface area contributed by atoms with E-state index in [1.54, 1.807) is 36.4 Å². The molecule has 3 rings (SSSR count). The van der Waals surface area contributed by atoms with E-state index in [1.807, 2.05) is 37.3 Å². The van der Waals surface area contributed by atoms with Gasteiger partial charge in [-0.2, -0.15) is 28.9 Å². The van der Waals surface area contributed by atoms with Gasteiger partial charge in [-0.15, -0.1) is 0 Å². The molecular weight excluding hydrogens is 430 g/mol. The number of anilines is 1. The summed E-state index contributed by atoms with van der Waals surface area (Å²) in [6.07, 6.45) is 0.136. The lowest BCUT2D eigenvalue weighted by Crippen LogP contribution is -2.09. The van der Waals surface area contributed by atoms with Gasteiger partial charge in [0.2, 0.25) is 0 Å². The molecule has 0 bridgehead atoms. The molecule has 0 fully saturated rings. The van der Waals surface area contributed by atoms with E-state index in [2.05, 4.69) is 20.5 Å². The van der Waals surface area contributed by atoms with E-state index in [0.29, 0.717) is 28.5 Å². The fraction of sp³-hybridized carbons (Fsp3) is 0.182. The number of azo groups is 2. The predicted molar refractivity (Wildman–Crippen MR) is 123 cm³/mol. The average Bonchev–Trinajstić information content (AvgIpc) is 2.76. The molecule has 0 amide bonds. The molecule has 0 aromatic heterocycles. The van der Waals surface area contributed by atoms with Gasteiger partial charge in [0.15, 0.2) is 0 Å². The number of aryl methyl sites for hydroxylation is 1. The minimum atomic E-state index is -4.02. The molecule has 0 aliphatic carbocycles. The van der Waals surface area contributed by atoms with Crippen molar-refractivity contribution in [1.29, 1.82) is 0 Å². The van der Waals surface area contributed by atoms with Gasteiger partial charge in [0.05, 0.1) is 40.8 Å². The van der Waals surface area contributed by atoms with Crippen molar-refractivity contribution in [1.82, 2.24) is 0 Å². The van der Waals surface area contributed by atoms with Crippen molar-refractivity contribution >= 4 is 38.6 Å². The van der Waals surface area contributed by atoms with Gasteiger partial charge in [0.25, 0.3) is 10.1 Å². The minimum absolute atomic E-state index is 0.0859. The van der Waals surface area contributed by atoms with Crippen LogP contribution in [0.5, 0.6) is 5.75 Å². The standard InChI is InChI=1S/C22H23N5O4S/c1-16-14-20(23)22(31-12-5-13-32(28,29)30)15-21(16)27-26-19-10-8-18(9-11-19)25-24-17-6-3-2-4-7-17/h2-4,6-11,14-15H,5,12-13,23H2,1H3,(H,28,29,30). The molecule has 32 heavy (non-hydrogen) atoms. The van der Waals surface area contributed by atoms with Crippen molar-refractivity contribution in [3.63, 3.8) is 0 Å². The zero-order valence-corrected chi connectivity index (χ0v) is 18.2. The number of ether oxygens (including phenoxy) is 1. The Labute approximate surface area is 186 Å². The smallest absolute Gasteiger partial charge is 0.264 e. The summed E-state index contributed by atoms with van der Waals surface area (Å²) in [6, 6.07) is 19.9. The van der Waals surface area contributed by atoms with Gasteiger partial charge in [-0.25, -0.2) is 0 Å². The molecule has 0 saturated heterocycles. The van der Waals surface area contributed by atoms with Gasteiger partial charge in [-0.1, -0.05) is 18.2 Å². The molecule has 0 unspecified atom stereocenters. The molecule has 9 nitrogen and oxygen atoms in total. The predicted octanol–water partition coefficient (Wildman–Crippen LogP) is 6.06. The maximum Gasteiger partial charge on any atom is 0.264 e. The van der Waals surface area contributed by atoms with Crippen molar-refractivity contribution in [2.45, 2.75) is 13.3 Å². The van der Waals surface area contributed by atoms with Crippen LogP contribution in [0.2, 0.25) is 0 Å². The van der Waals surface area contributed by atoms with Crippen LogP contribution in [0.1, 0.15) is 12.0 Å². The van der Waals surface area contributed by atoms with E-state index in [4.69, 9.17) is 15.0 Å². The Bertz CT molecular complexity index is 1210. The summed E-state index contributed by atoms with van der Waals surface area (Å²) >= 11 is 0. The first-order chi connectivity index (χ1) is 15.3. The Kier molecular flexibility index (Phi) is 7.63. The van der Waals surface area contributed by atoms with Gasteiger partial charge in [0.1, 0.15) is 5.75 Å². The zero-order valence-electron chi connectivity index (χ0n) is 17.4. The molecule has 0 aliphatic rings. The number of rotatable bonds is 9. The van der Waals surface area contributed by atoms with Crippen LogP contribution < -0.4 is 10.5 Å². The van der Waals surface area contributed by atoms with Crippen molar-refractivity contribution < 1.29 is 17.7 Å². The molecule has 0 saturated carbocycles. The summed E-state index contributed by atoms with van der Waals surface area (Å²) in [5, 5.41) is 16.9. The number of hydrogen-bond donors (Lipinski definition) is 2. The average molecular weight is 454 g/mol. The molecule has 0 spiro atoms. The highest BCUT2D eigenvalue weighted by Crippen LogP contribution is 2.32. The van der Waals surface area contributed by atoms with Crippen LogP contribution in [0.4, 0.5) is 28.4 Å². The summed E-state index contributed by atoms with van der Waals surface area (Å²) in [4.78, 5) is 0. The molecule has 0 radical (unpaired) electrons. The van der Waals surface area contributed by atoms with Gasteiger partial charge >= 0.3 is 0 Å². The van der Waals surface area contributed by atoms with Gasteiger partial charge in [-0.3, -0.25) is 4.55 Å². The highest BCUT2D eigenvalue weighted by atomic mass is 32.2. The molecule has 0 atom stereocenters. The number of nitrogen functional groups attached to an aromatic ring is 1. The molecule has 0 heterocycles. The van der Waals surface area contributed by atoms with Crippen LogP contribution in [-0.4, -0.2) is 25.3 Å². The van der Waals surface area contributed by atoms with Crippen molar-refractivity contribution in [2.24, 2.45) is 20.5 Å². The minimum Gasteiger partial charge on any atom is -0.491 e. The van der Waals surface area contributed by atoms with Crippen molar-refractivity contribution in [2.75, 3.05) is 18.1 Å². The highest BCUT2D eigenvalue weighted by Gasteiger charge is 2.08. The lowest BCUT2D eigenvalue weighted by molar-refractivity contribution is 0.318. The first kappa shape index (κ1) is 23.0. The van der Waals surface area contributed by atoms with Gasteiger partial charge in [0, 0.05) is 6.07 Å². The SMILES string of the molecule is Cc1cc(N)c(OCCCS(=O)(=O)O)cc1N=Nc1ccc(N=Nc2ccccc2)cc1. The van der Waals surface area contributed by atoms with Crippen LogP contribution in [0, 0.1) is 6.92 Å².